The van der Waals surface area contributed by atoms with E-state index in [1.165, 1.54) is 0 Å². The minimum absolute atomic E-state index is 0.0180. The van der Waals surface area contributed by atoms with Gasteiger partial charge in [0, 0.05) is 24.8 Å². The molecule has 108 valence electrons. The number of carbonyl (C=O) groups is 1. The largest absolute Gasteiger partial charge is 0.361 e. The van der Waals surface area contributed by atoms with Gasteiger partial charge in [0.25, 0.3) is 0 Å². The van der Waals surface area contributed by atoms with Gasteiger partial charge in [-0.15, -0.1) is 0 Å². The van der Waals surface area contributed by atoms with E-state index in [1.807, 2.05) is 13.8 Å². The van der Waals surface area contributed by atoms with Gasteiger partial charge in [0.15, 0.2) is 0 Å². The van der Waals surface area contributed by atoms with Crippen LogP contribution in [-0.2, 0) is 21.1 Å². The molecule has 0 saturated heterocycles. The summed E-state index contributed by atoms with van der Waals surface area (Å²) in [5.74, 6) is 0.466. The molecule has 7 heteroatoms. The number of rotatable bonds is 7. The molecule has 0 bridgehead atoms. The Hall–Kier alpha value is -1.37. The maximum Gasteiger partial charge on any atom is 0.221 e. The quantitative estimate of drug-likeness (QED) is 0.749. The molecular weight excluding hydrogens is 268 g/mol. The van der Waals surface area contributed by atoms with Crippen LogP contribution in [-0.4, -0.2) is 38.0 Å². The smallest absolute Gasteiger partial charge is 0.221 e. The van der Waals surface area contributed by atoms with Crippen LogP contribution in [0, 0.1) is 13.8 Å². The number of carbonyl (C=O) groups excluding carboxylic acids is 1. The summed E-state index contributed by atoms with van der Waals surface area (Å²) in [6.07, 6.45) is 2.70. The molecule has 0 aliphatic rings. The van der Waals surface area contributed by atoms with Gasteiger partial charge < -0.3 is 9.84 Å². The van der Waals surface area contributed by atoms with E-state index in [1.54, 1.807) is 0 Å². The van der Waals surface area contributed by atoms with Gasteiger partial charge in [-0.05, 0) is 26.7 Å². The summed E-state index contributed by atoms with van der Waals surface area (Å²) in [4.78, 5) is 11.4. The summed E-state index contributed by atoms with van der Waals surface area (Å²) < 4.78 is 26.8. The van der Waals surface area contributed by atoms with Crippen molar-refractivity contribution in [1.29, 1.82) is 0 Å². The van der Waals surface area contributed by atoms with Gasteiger partial charge in [0.1, 0.15) is 15.6 Å². The van der Waals surface area contributed by atoms with Crippen LogP contribution in [0.2, 0.25) is 0 Å². The molecule has 1 amide bonds. The Balaban J connectivity index is 2.23. The Bertz CT molecular complexity index is 514. The third-order valence-electron chi connectivity index (χ3n) is 2.81. The van der Waals surface area contributed by atoms with E-state index in [0.717, 1.165) is 36.1 Å². The van der Waals surface area contributed by atoms with Gasteiger partial charge in [0.05, 0.1) is 11.4 Å². The highest BCUT2D eigenvalue weighted by molar-refractivity contribution is 7.90. The van der Waals surface area contributed by atoms with E-state index >= 15 is 0 Å². The van der Waals surface area contributed by atoms with Crippen molar-refractivity contribution >= 4 is 15.7 Å². The summed E-state index contributed by atoms with van der Waals surface area (Å²) in [5, 5.41) is 6.56. The van der Waals surface area contributed by atoms with E-state index in [2.05, 4.69) is 10.5 Å². The van der Waals surface area contributed by atoms with Crippen molar-refractivity contribution in [2.45, 2.75) is 33.1 Å². The number of nitrogens with one attached hydrogen (secondary N) is 1. The predicted octanol–water partition coefficient (Wildman–Crippen LogP) is 0.775. The molecule has 1 N–H and O–H groups in total. The van der Waals surface area contributed by atoms with Gasteiger partial charge in [-0.25, -0.2) is 8.42 Å². The monoisotopic (exact) mass is 288 g/mol. The number of nitrogens with zero attached hydrogens (tertiary/aromatic N) is 1. The van der Waals surface area contributed by atoms with Gasteiger partial charge in [-0.3, -0.25) is 4.79 Å². The van der Waals surface area contributed by atoms with Crippen LogP contribution in [0.5, 0.6) is 0 Å². The summed E-state index contributed by atoms with van der Waals surface area (Å²) in [5.41, 5.74) is 1.95. The molecule has 6 nitrogen and oxygen atoms in total. The number of hydrogen-bond donors (Lipinski definition) is 1. The lowest BCUT2D eigenvalue weighted by Gasteiger charge is -2.04. The third-order valence-corrected chi connectivity index (χ3v) is 3.75. The maximum atomic E-state index is 11.4. The number of sulfone groups is 1. The summed E-state index contributed by atoms with van der Waals surface area (Å²) in [6.45, 7) is 4.27. The summed E-state index contributed by atoms with van der Waals surface area (Å²) in [6, 6.07) is 0. The zero-order chi connectivity index (χ0) is 14.5. The molecule has 0 saturated carbocycles. The van der Waals surface area contributed by atoms with Crippen molar-refractivity contribution < 1.29 is 17.7 Å². The van der Waals surface area contributed by atoms with Crippen molar-refractivity contribution in [3.05, 3.63) is 17.0 Å². The van der Waals surface area contributed by atoms with Crippen LogP contribution >= 0.6 is 0 Å². The average molecular weight is 288 g/mol. The minimum atomic E-state index is -3.08. The van der Waals surface area contributed by atoms with Crippen LogP contribution in [0.25, 0.3) is 0 Å². The van der Waals surface area contributed by atoms with Crippen LogP contribution in [0.3, 0.4) is 0 Å². The highest BCUT2D eigenvalue weighted by Crippen LogP contribution is 2.13. The number of aryl methyl sites for hydroxylation is 2. The Kier molecular flexibility index (Phi) is 5.53. The van der Waals surface area contributed by atoms with Gasteiger partial charge in [0.2, 0.25) is 5.91 Å². The Morgan fingerprint density at radius 2 is 2.05 bits per heavy atom. The summed E-state index contributed by atoms with van der Waals surface area (Å²) in [7, 11) is -3.08. The van der Waals surface area contributed by atoms with Crippen LogP contribution < -0.4 is 5.32 Å². The lowest BCUT2D eigenvalue weighted by atomic mass is 10.1. The Labute approximate surface area is 113 Å². The molecular formula is C12H20N2O4S. The fraction of sp³-hybridized carbons (Fsp3) is 0.667. The number of hydrogen-bond acceptors (Lipinski definition) is 5. The van der Waals surface area contributed by atoms with Crippen LogP contribution in [0.1, 0.15) is 29.9 Å². The van der Waals surface area contributed by atoms with Crippen molar-refractivity contribution in [3.8, 4) is 0 Å². The van der Waals surface area contributed by atoms with E-state index < -0.39 is 9.84 Å². The van der Waals surface area contributed by atoms with E-state index in [4.69, 9.17) is 4.52 Å². The fourth-order valence-corrected chi connectivity index (χ4v) is 2.27. The predicted molar refractivity (Wildman–Crippen MR) is 71.6 cm³/mol. The Morgan fingerprint density at radius 1 is 1.37 bits per heavy atom. The molecule has 0 unspecified atom stereocenters. The molecule has 1 aromatic heterocycles. The standard InChI is InChI=1S/C12H20N2O4S/c1-9-11(10(2)18-14-9)5-4-7-13-12(15)6-8-19(3,16)17/h4-8H2,1-3H3,(H,13,15). The normalized spacial score (nSPS) is 11.5. The van der Waals surface area contributed by atoms with Gasteiger partial charge in [-0.2, -0.15) is 0 Å². The molecule has 1 rings (SSSR count). The highest BCUT2D eigenvalue weighted by Gasteiger charge is 2.09. The minimum Gasteiger partial charge on any atom is -0.361 e. The summed E-state index contributed by atoms with van der Waals surface area (Å²) >= 11 is 0. The first-order valence-electron chi connectivity index (χ1n) is 6.16. The first kappa shape index (κ1) is 15.7. The fourth-order valence-electron chi connectivity index (χ4n) is 1.72. The maximum absolute atomic E-state index is 11.4. The third kappa shape index (κ3) is 5.87. The lowest BCUT2D eigenvalue weighted by molar-refractivity contribution is -0.120. The molecule has 0 aromatic carbocycles. The molecule has 0 fully saturated rings. The van der Waals surface area contributed by atoms with Crippen LogP contribution in [0.15, 0.2) is 4.52 Å². The zero-order valence-electron chi connectivity index (χ0n) is 11.5. The molecule has 1 aromatic rings. The topological polar surface area (TPSA) is 89.3 Å². The average Bonchev–Trinajstić information content (AvgIpc) is 2.62. The SMILES string of the molecule is Cc1noc(C)c1CCCNC(=O)CCS(C)(=O)=O. The second-order valence-corrected chi connectivity index (χ2v) is 6.90. The highest BCUT2D eigenvalue weighted by atomic mass is 32.2. The lowest BCUT2D eigenvalue weighted by Crippen LogP contribution is -2.26. The van der Waals surface area contributed by atoms with Crippen LogP contribution in [0.4, 0.5) is 0 Å². The number of amides is 1. The molecule has 1 heterocycles. The molecule has 19 heavy (non-hydrogen) atoms. The van der Waals surface area contributed by atoms with Gasteiger partial charge >= 0.3 is 0 Å². The molecule has 0 spiro atoms. The molecule has 0 aliphatic carbocycles. The molecule has 0 radical (unpaired) electrons. The zero-order valence-corrected chi connectivity index (χ0v) is 12.3. The number of aromatic nitrogens is 1. The van der Waals surface area contributed by atoms with E-state index in [-0.39, 0.29) is 18.1 Å². The first-order valence-corrected chi connectivity index (χ1v) is 8.22. The van der Waals surface area contributed by atoms with E-state index in [0.29, 0.717) is 6.54 Å². The van der Waals surface area contributed by atoms with Crippen molar-refractivity contribution in [1.82, 2.24) is 10.5 Å². The van der Waals surface area contributed by atoms with Crippen molar-refractivity contribution in [2.75, 3.05) is 18.6 Å². The Morgan fingerprint density at radius 3 is 2.58 bits per heavy atom. The van der Waals surface area contributed by atoms with Crippen molar-refractivity contribution in [2.24, 2.45) is 0 Å². The second kappa shape index (κ2) is 6.70. The van der Waals surface area contributed by atoms with E-state index in [9.17, 15) is 13.2 Å². The van der Waals surface area contributed by atoms with Crippen molar-refractivity contribution in [3.63, 3.8) is 0 Å². The van der Waals surface area contributed by atoms with Gasteiger partial charge in [-0.1, -0.05) is 5.16 Å². The first-order chi connectivity index (χ1) is 8.79. The molecule has 0 atom stereocenters. The second-order valence-electron chi connectivity index (χ2n) is 4.64. The molecule has 0 aliphatic heterocycles.